The van der Waals surface area contributed by atoms with Crippen molar-refractivity contribution in [2.24, 2.45) is 0 Å². The molecular formula is C30H29F3N2O5. The second-order valence-corrected chi connectivity index (χ2v) is 11.3. The van der Waals surface area contributed by atoms with Gasteiger partial charge >= 0.3 is 12.1 Å². The topological polar surface area (TPSA) is 79.3 Å². The Hall–Kier alpha value is -3.55. The van der Waals surface area contributed by atoms with E-state index in [0.29, 0.717) is 37.2 Å². The van der Waals surface area contributed by atoms with Crippen LogP contribution in [0.2, 0.25) is 0 Å². The van der Waals surface area contributed by atoms with E-state index in [1.165, 1.54) is 24.0 Å². The Morgan fingerprint density at radius 3 is 2.58 bits per heavy atom. The van der Waals surface area contributed by atoms with Gasteiger partial charge < -0.3 is 24.4 Å². The highest BCUT2D eigenvalue weighted by Gasteiger charge is 2.73. The van der Waals surface area contributed by atoms with E-state index in [4.69, 9.17) is 9.47 Å². The van der Waals surface area contributed by atoms with Gasteiger partial charge in [-0.3, -0.25) is 9.59 Å². The number of hydrogen-bond acceptors (Lipinski definition) is 6. The molecule has 5 atom stereocenters. The highest BCUT2D eigenvalue weighted by molar-refractivity contribution is 5.94. The number of carbonyl (C=O) groups is 2. The lowest BCUT2D eigenvalue weighted by Crippen LogP contribution is -2.77. The van der Waals surface area contributed by atoms with Crippen LogP contribution in [0.25, 0.3) is 0 Å². The number of carbonyl (C=O) groups excluding carboxylic acids is 2. The summed E-state index contributed by atoms with van der Waals surface area (Å²) in [6.45, 7) is 2.04. The summed E-state index contributed by atoms with van der Waals surface area (Å²) in [5, 5.41) is 12.4. The molecule has 210 valence electrons. The fraction of sp³-hybridized carbons (Fsp3) is 0.467. The molecule has 1 spiro atoms. The maximum absolute atomic E-state index is 13.3. The Bertz CT molecular complexity index is 1460. The summed E-state index contributed by atoms with van der Waals surface area (Å²) in [5.41, 5.74) is -0.511. The van der Waals surface area contributed by atoms with Gasteiger partial charge in [0.05, 0.1) is 22.6 Å². The lowest BCUT2D eigenvalue weighted by molar-refractivity contribution is -0.195. The molecule has 0 unspecified atom stereocenters. The van der Waals surface area contributed by atoms with E-state index in [-0.39, 0.29) is 11.6 Å². The van der Waals surface area contributed by atoms with Gasteiger partial charge in [-0.2, -0.15) is 13.2 Å². The first-order valence-electron chi connectivity index (χ1n) is 13.3. The molecular weight excluding hydrogens is 525 g/mol. The molecule has 2 aliphatic heterocycles. The minimum Gasteiger partial charge on any atom is -0.483 e. The number of benzene rings is 2. The van der Waals surface area contributed by atoms with Crippen LogP contribution in [0.15, 0.2) is 36.4 Å². The number of nitrogens with zero attached hydrogens (tertiary/aromatic N) is 2. The number of likely N-dealkylation sites (N-methyl/N-ethyl adjacent to an activating group) is 2. The fourth-order valence-corrected chi connectivity index (χ4v) is 7.46. The molecule has 0 aromatic heterocycles. The monoisotopic (exact) mass is 554 g/mol. The standard InChI is InChI=1S/C30H29F3N2O5/c1-17(36)39-22-10-7-19-16-23-29(38)13-12-21(27-28(29,14-15-34(23)2)25(19)26(22)40-27)35(3)24(37)11-6-18-4-8-20(9-5-18)30(31,32)33/h4-5,7-10,21,23,27,38H,12-16H2,1-3H3/t21-,23-,27+,28+,29-/m1/s1. The van der Waals surface area contributed by atoms with E-state index < -0.39 is 46.8 Å². The molecule has 1 saturated heterocycles. The number of ether oxygens (including phenoxy) is 2. The number of rotatable bonds is 2. The number of halogens is 3. The zero-order valence-electron chi connectivity index (χ0n) is 22.3. The summed E-state index contributed by atoms with van der Waals surface area (Å²) in [7, 11) is 3.64. The van der Waals surface area contributed by atoms with Crippen molar-refractivity contribution in [1.82, 2.24) is 9.80 Å². The Morgan fingerprint density at radius 2 is 1.90 bits per heavy atom. The zero-order chi connectivity index (χ0) is 28.6. The minimum atomic E-state index is -4.45. The molecule has 2 bridgehead atoms. The average Bonchev–Trinajstić information content (AvgIpc) is 3.25. The van der Waals surface area contributed by atoms with Crippen molar-refractivity contribution in [2.75, 3.05) is 20.6 Å². The fourth-order valence-electron chi connectivity index (χ4n) is 7.46. The van der Waals surface area contributed by atoms with Crippen molar-refractivity contribution in [1.29, 1.82) is 0 Å². The van der Waals surface area contributed by atoms with Crippen LogP contribution in [-0.4, -0.2) is 71.2 Å². The Labute approximate surface area is 229 Å². The largest absolute Gasteiger partial charge is 0.483 e. The third-order valence-corrected chi connectivity index (χ3v) is 9.28. The number of alkyl halides is 3. The molecule has 1 N–H and O–H groups in total. The molecule has 6 rings (SSSR count). The van der Waals surface area contributed by atoms with Gasteiger partial charge in [0.1, 0.15) is 6.10 Å². The summed E-state index contributed by atoms with van der Waals surface area (Å²) in [5.74, 6) is 4.98. The van der Waals surface area contributed by atoms with E-state index >= 15 is 0 Å². The zero-order valence-corrected chi connectivity index (χ0v) is 22.3. The lowest BCUT2D eigenvalue weighted by Gasteiger charge is -2.64. The van der Waals surface area contributed by atoms with Gasteiger partial charge in [0.15, 0.2) is 11.5 Å². The first kappa shape index (κ1) is 26.7. The number of esters is 1. The first-order chi connectivity index (χ1) is 18.9. The van der Waals surface area contributed by atoms with Gasteiger partial charge in [0, 0.05) is 37.1 Å². The molecule has 40 heavy (non-hydrogen) atoms. The third-order valence-electron chi connectivity index (χ3n) is 9.28. The molecule has 1 saturated carbocycles. The normalized spacial score (nSPS) is 29.9. The quantitative estimate of drug-likeness (QED) is 0.349. The maximum atomic E-state index is 13.3. The highest BCUT2D eigenvalue weighted by Crippen LogP contribution is 2.65. The number of hydrogen-bond donors (Lipinski definition) is 1. The van der Waals surface area contributed by atoms with Crippen molar-refractivity contribution in [3.05, 3.63) is 58.7 Å². The molecule has 7 nitrogen and oxygen atoms in total. The molecule has 1 amide bonds. The highest BCUT2D eigenvalue weighted by atomic mass is 19.4. The van der Waals surface area contributed by atoms with Crippen molar-refractivity contribution in [3.8, 4) is 23.3 Å². The van der Waals surface area contributed by atoms with Crippen LogP contribution in [0.3, 0.4) is 0 Å². The van der Waals surface area contributed by atoms with E-state index in [2.05, 4.69) is 16.7 Å². The van der Waals surface area contributed by atoms with Crippen LogP contribution in [0.1, 0.15) is 48.4 Å². The Kier molecular flexibility index (Phi) is 5.99. The molecule has 0 radical (unpaired) electrons. The summed E-state index contributed by atoms with van der Waals surface area (Å²) in [6.07, 6.45) is -2.93. The van der Waals surface area contributed by atoms with Crippen LogP contribution in [-0.2, 0) is 27.6 Å². The molecule has 10 heteroatoms. The van der Waals surface area contributed by atoms with Crippen LogP contribution < -0.4 is 9.47 Å². The van der Waals surface area contributed by atoms with E-state index in [9.17, 15) is 27.9 Å². The van der Waals surface area contributed by atoms with Crippen molar-refractivity contribution in [2.45, 2.75) is 68.0 Å². The van der Waals surface area contributed by atoms with Crippen molar-refractivity contribution < 1.29 is 37.3 Å². The van der Waals surface area contributed by atoms with Gasteiger partial charge in [0.2, 0.25) is 0 Å². The maximum Gasteiger partial charge on any atom is 0.416 e. The van der Waals surface area contributed by atoms with Crippen LogP contribution >= 0.6 is 0 Å². The number of piperidine rings is 1. The molecule has 4 aliphatic rings. The Morgan fingerprint density at radius 1 is 1.18 bits per heavy atom. The molecule has 2 aromatic rings. The van der Waals surface area contributed by atoms with Crippen LogP contribution in [0.4, 0.5) is 13.2 Å². The molecule has 2 heterocycles. The van der Waals surface area contributed by atoms with E-state index in [0.717, 1.165) is 29.8 Å². The predicted octanol–water partition coefficient (Wildman–Crippen LogP) is 3.29. The third kappa shape index (κ3) is 3.75. The molecule has 2 fully saturated rings. The second kappa shape index (κ2) is 8.98. The van der Waals surface area contributed by atoms with Gasteiger partial charge in [-0.05, 0) is 75.2 Å². The first-order valence-corrected chi connectivity index (χ1v) is 13.3. The summed E-state index contributed by atoms with van der Waals surface area (Å²) in [4.78, 5) is 28.8. The Balaban J connectivity index is 1.35. The smallest absolute Gasteiger partial charge is 0.416 e. The summed E-state index contributed by atoms with van der Waals surface area (Å²) >= 11 is 0. The molecule has 2 aromatic carbocycles. The summed E-state index contributed by atoms with van der Waals surface area (Å²) in [6, 6.07) is 7.42. The molecule has 2 aliphatic carbocycles. The van der Waals surface area contributed by atoms with Crippen molar-refractivity contribution >= 4 is 11.9 Å². The summed E-state index contributed by atoms with van der Waals surface area (Å²) < 4.78 is 50.7. The van der Waals surface area contributed by atoms with Gasteiger partial charge in [-0.1, -0.05) is 12.0 Å². The van der Waals surface area contributed by atoms with Crippen LogP contribution in [0, 0.1) is 11.8 Å². The predicted molar refractivity (Wildman–Crippen MR) is 138 cm³/mol. The number of aliphatic hydroxyl groups is 1. The second-order valence-electron chi connectivity index (χ2n) is 11.3. The van der Waals surface area contributed by atoms with Crippen molar-refractivity contribution in [3.63, 3.8) is 0 Å². The lowest BCUT2D eigenvalue weighted by atomic mass is 9.48. The van der Waals surface area contributed by atoms with Gasteiger partial charge in [0.25, 0.3) is 5.91 Å². The SMILES string of the molecule is CC(=O)Oc1ccc2c3c1O[C@H]1[C@H](N(C)C(=O)C#Cc4ccc(C(F)(F)F)cc4)CC[C@@]4(O)[C@@H](C2)N(C)CC[C@]314. The number of amides is 1. The minimum absolute atomic E-state index is 0.133. The van der Waals surface area contributed by atoms with E-state index in [1.54, 1.807) is 13.1 Å². The number of likely N-dealkylation sites (tertiary alicyclic amines) is 1. The van der Waals surface area contributed by atoms with Crippen LogP contribution in [0.5, 0.6) is 11.5 Å². The average molecular weight is 555 g/mol. The van der Waals surface area contributed by atoms with E-state index in [1.807, 2.05) is 13.1 Å². The van der Waals surface area contributed by atoms with Gasteiger partial charge in [-0.15, -0.1) is 0 Å². The van der Waals surface area contributed by atoms with Gasteiger partial charge in [-0.25, -0.2) is 0 Å².